The predicted molar refractivity (Wildman–Crippen MR) is 99.4 cm³/mol. The second kappa shape index (κ2) is 7.70. The summed E-state index contributed by atoms with van der Waals surface area (Å²) in [5, 5.41) is 3.11. The number of nitrogens with one attached hydrogen (secondary N) is 1. The molecule has 2 amide bonds. The van der Waals surface area contributed by atoms with Crippen LogP contribution in [-0.2, 0) is 22.4 Å². The van der Waals surface area contributed by atoms with E-state index in [-0.39, 0.29) is 0 Å². The topological polar surface area (TPSA) is 98.5 Å². The van der Waals surface area contributed by atoms with Gasteiger partial charge in [0.05, 0.1) is 11.1 Å². The van der Waals surface area contributed by atoms with Gasteiger partial charge in [0.25, 0.3) is 11.8 Å². The zero-order chi connectivity index (χ0) is 18.7. The van der Waals surface area contributed by atoms with Crippen LogP contribution in [0.25, 0.3) is 0 Å². The van der Waals surface area contributed by atoms with Crippen molar-refractivity contribution >= 4 is 34.1 Å². The first kappa shape index (κ1) is 18.1. The summed E-state index contributed by atoms with van der Waals surface area (Å²) in [4.78, 5) is 37.0. The van der Waals surface area contributed by atoms with E-state index in [1.807, 2.05) is 0 Å². The summed E-state index contributed by atoms with van der Waals surface area (Å²) in [5.74, 6) is -1.08. The first-order valence-electron chi connectivity index (χ1n) is 8.42. The Hall–Kier alpha value is -2.67. The van der Waals surface area contributed by atoms with Crippen LogP contribution in [0.5, 0.6) is 0 Å². The van der Waals surface area contributed by atoms with Gasteiger partial charge in [0.15, 0.2) is 6.61 Å². The number of fused-ring (bicyclic) bond motifs is 1. The van der Waals surface area contributed by atoms with E-state index in [9.17, 15) is 14.4 Å². The first-order valence-corrected chi connectivity index (χ1v) is 9.23. The van der Waals surface area contributed by atoms with E-state index in [2.05, 4.69) is 12.2 Å². The van der Waals surface area contributed by atoms with Crippen molar-refractivity contribution in [2.24, 2.45) is 11.7 Å². The van der Waals surface area contributed by atoms with Crippen molar-refractivity contribution in [1.82, 2.24) is 0 Å². The van der Waals surface area contributed by atoms with E-state index in [0.29, 0.717) is 22.0 Å². The maximum atomic E-state index is 12.2. The van der Waals surface area contributed by atoms with Crippen molar-refractivity contribution in [3.05, 3.63) is 51.9 Å². The van der Waals surface area contributed by atoms with Crippen LogP contribution in [-0.4, -0.2) is 24.4 Å². The van der Waals surface area contributed by atoms with Crippen LogP contribution in [0.1, 0.15) is 44.5 Å². The van der Waals surface area contributed by atoms with Crippen LogP contribution in [0.3, 0.4) is 0 Å². The van der Waals surface area contributed by atoms with Gasteiger partial charge >= 0.3 is 5.97 Å². The lowest BCUT2D eigenvalue weighted by Crippen LogP contribution is -2.23. The van der Waals surface area contributed by atoms with Gasteiger partial charge < -0.3 is 15.8 Å². The predicted octanol–water partition coefficient (Wildman–Crippen LogP) is 2.77. The molecule has 0 spiro atoms. The number of carbonyl (C=O) groups excluding carboxylic acids is 3. The van der Waals surface area contributed by atoms with Crippen LogP contribution >= 0.6 is 11.3 Å². The third-order valence-corrected chi connectivity index (χ3v) is 5.52. The van der Waals surface area contributed by atoms with Crippen molar-refractivity contribution in [2.45, 2.75) is 26.2 Å². The largest absolute Gasteiger partial charge is 0.452 e. The summed E-state index contributed by atoms with van der Waals surface area (Å²) in [6.07, 6.45) is 2.65. The smallest absolute Gasteiger partial charge is 0.338 e. The molecule has 1 aliphatic carbocycles. The fraction of sp³-hybridized carbons (Fsp3) is 0.316. The van der Waals surface area contributed by atoms with E-state index < -0.39 is 24.4 Å². The molecule has 0 bridgehead atoms. The van der Waals surface area contributed by atoms with Crippen molar-refractivity contribution in [2.75, 3.05) is 11.9 Å². The number of esters is 1. The average Bonchev–Trinajstić information content (AvgIpc) is 2.97. The Balaban J connectivity index is 1.68. The number of carbonyl (C=O) groups is 3. The summed E-state index contributed by atoms with van der Waals surface area (Å²) in [5.41, 5.74) is 7.23. The van der Waals surface area contributed by atoms with Gasteiger partial charge in [0, 0.05) is 4.88 Å². The number of primary amides is 1. The highest BCUT2D eigenvalue weighted by Crippen LogP contribution is 2.39. The fourth-order valence-electron chi connectivity index (χ4n) is 3.05. The highest BCUT2D eigenvalue weighted by molar-refractivity contribution is 7.17. The molecule has 136 valence electrons. The van der Waals surface area contributed by atoms with Crippen LogP contribution in [0.15, 0.2) is 30.3 Å². The molecule has 0 fully saturated rings. The molecule has 1 aliphatic rings. The summed E-state index contributed by atoms with van der Waals surface area (Å²) in [7, 11) is 0. The third kappa shape index (κ3) is 3.94. The van der Waals surface area contributed by atoms with Gasteiger partial charge in [-0.2, -0.15) is 0 Å². The van der Waals surface area contributed by atoms with E-state index in [1.165, 1.54) is 11.3 Å². The number of rotatable bonds is 5. The number of benzene rings is 1. The van der Waals surface area contributed by atoms with E-state index >= 15 is 0 Å². The number of ether oxygens (including phenoxy) is 1. The molecule has 0 radical (unpaired) electrons. The molecule has 3 rings (SSSR count). The summed E-state index contributed by atoms with van der Waals surface area (Å²) in [6, 6.07) is 8.44. The standard InChI is InChI=1S/C19H20N2O4S/c1-11-7-8-13-14(9-11)26-18(16(13)17(20)23)21-15(22)10-25-19(24)12-5-3-2-4-6-12/h2-6,11H,7-10H2,1H3,(H2,20,23)(H,21,22)/t11-/m1/s1. The third-order valence-electron chi connectivity index (χ3n) is 4.35. The Morgan fingerprint density at radius 1 is 1.27 bits per heavy atom. The van der Waals surface area contributed by atoms with Crippen LogP contribution < -0.4 is 11.1 Å². The Kier molecular flexibility index (Phi) is 5.37. The molecule has 0 saturated carbocycles. The molecule has 0 unspecified atom stereocenters. The van der Waals surface area contributed by atoms with Crippen molar-refractivity contribution in [1.29, 1.82) is 0 Å². The minimum Gasteiger partial charge on any atom is -0.452 e. The van der Waals surface area contributed by atoms with Gasteiger partial charge in [0.2, 0.25) is 0 Å². The second-order valence-corrected chi connectivity index (χ2v) is 7.52. The molecule has 0 aliphatic heterocycles. The molecular weight excluding hydrogens is 352 g/mol. The summed E-state index contributed by atoms with van der Waals surface area (Å²) < 4.78 is 5.02. The molecule has 1 aromatic carbocycles. The van der Waals surface area contributed by atoms with Gasteiger partial charge in [-0.3, -0.25) is 9.59 Å². The number of thiophene rings is 1. The highest BCUT2D eigenvalue weighted by Gasteiger charge is 2.27. The van der Waals surface area contributed by atoms with Crippen LogP contribution in [0, 0.1) is 5.92 Å². The van der Waals surface area contributed by atoms with E-state index in [1.54, 1.807) is 30.3 Å². The molecule has 1 atom stereocenters. The quantitative estimate of drug-likeness (QED) is 0.789. The fourth-order valence-corrected chi connectivity index (χ4v) is 4.48. The Bertz CT molecular complexity index is 845. The molecular formula is C19H20N2O4S. The maximum Gasteiger partial charge on any atom is 0.338 e. The van der Waals surface area contributed by atoms with E-state index in [4.69, 9.17) is 10.5 Å². The van der Waals surface area contributed by atoms with Gasteiger partial charge in [-0.15, -0.1) is 11.3 Å². The Labute approximate surface area is 155 Å². The number of amides is 2. The van der Waals surface area contributed by atoms with Gasteiger partial charge in [-0.05, 0) is 42.9 Å². The van der Waals surface area contributed by atoms with Gasteiger partial charge in [-0.25, -0.2) is 4.79 Å². The minimum absolute atomic E-state index is 0.374. The van der Waals surface area contributed by atoms with Crippen molar-refractivity contribution in [3.63, 3.8) is 0 Å². The number of anilines is 1. The molecule has 1 heterocycles. The number of nitrogens with two attached hydrogens (primary N) is 1. The lowest BCUT2D eigenvalue weighted by atomic mass is 9.88. The first-order chi connectivity index (χ1) is 12.5. The van der Waals surface area contributed by atoms with Crippen LogP contribution in [0.4, 0.5) is 5.00 Å². The molecule has 6 nitrogen and oxygen atoms in total. The number of hydrogen-bond donors (Lipinski definition) is 2. The minimum atomic E-state index is -0.574. The normalized spacial score (nSPS) is 15.8. The Morgan fingerprint density at radius 2 is 2.00 bits per heavy atom. The van der Waals surface area contributed by atoms with Gasteiger partial charge in [-0.1, -0.05) is 25.1 Å². The Morgan fingerprint density at radius 3 is 2.69 bits per heavy atom. The number of hydrogen-bond acceptors (Lipinski definition) is 5. The monoisotopic (exact) mass is 372 g/mol. The molecule has 0 saturated heterocycles. The van der Waals surface area contributed by atoms with Crippen LogP contribution in [0.2, 0.25) is 0 Å². The average molecular weight is 372 g/mol. The molecule has 26 heavy (non-hydrogen) atoms. The summed E-state index contributed by atoms with van der Waals surface area (Å²) in [6.45, 7) is 1.73. The molecule has 1 aromatic heterocycles. The maximum absolute atomic E-state index is 12.2. The lowest BCUT2D eigenvalue weighted by Gasteiger charge is -2.18. The molecule has 3 N–H and O–H groups in total. The van der Waals surface area contributed by atoms with Crippen molar-refractivity contribution in [3.8, 4) is 0 Å². The lowest BCUT2D eigenvalue weighted by molar-refractivity contribution is -0.119. The zero-order valence-corrected chi connectivity index (χ0v) is 15.2. The molecule has 2 aromatic rings. The second-order valence-electron chi connectivity index (χ2n) is 6.41. The van der Waals surface area contributed by atoms with Crippen molar-refractivity contribution < 1.29 is 19.1 Å². The van der Waals surface area contributed by atoms with E-state index in [0.717, 1.165) is 29.7 Å². The molecule has 7 heteroatoms. The SMILES string of the molecule is C[C@@H]1CCc2c(sc(NC(=O)COC(=O)c3ccccc3)c2C(N)=O)C1. The summed E-state index contributed by atoms with van der Waals surface area (Å²) >= 11 is 1.38. The van der Waals surface area contributed by atoms with Gasteiger partial charge in [0.1, 0.15) is 5.00 Å². The highest BCUT2D eigenvalue weighted by atomic mass is 32.1. The zero-order valence-electron chi connectivity index (χ0n) is 14.4.